The van der Waals surface area contributed by atoms with Crippen LogP contribution < -0.4 is 0 Å². The standard InChI is InChI=1S/C20H19FN2O/c21-16-8-5-15(6-9-16)19(23-12-1-2-13-23)17-10-7-14-4-3-11-22-18(14)20(17)24/h3-11,19,24H,1-2,12-13H2. The molecule has 24 heavy (non-hydrogen) atoms. The monoisotopic (exact) mass is 322 g/mol. The Hall–Kier alpha value is -2.46. The molecule has 0 radical (unpaired) electrons. The summed E-state index contributed by atoms with van der Waals surface area (Å²) < 4.78 is 13.3. The highest BCUT2D eigenvalue weighted by Gasteiger charge is 2.28. The Kier molecular flexibility index (Phi) is 3.90. The van der Waals surface area contributed by atoms with Gasteiger partial charge in [0.15, 0.2) is 0 Å². The van der Waals surface area contributed by atoms with Crippen LogP contribution in [-0.4, -0.2) is 28.1 Å². The molecule has 0 saturated carbocycles. The smallest absolute Gasteiger partial charge is 0.146 e. The van der Waals surface area contributed by atoms with E-state index in [9.17, 15) is 9.50 Å². The van der Waals surface area contributed by atoms with Crippen molar-refractivity contribution in [1.82, 2.24) is 9.88 Å². The molecule has 122 valence electrons. The predicted octanol–water partition coefficient (Wildman–Crippen LogP) is 4.26. The second-order valence-corrected chi connectivity index (χ2v) is 6.28. The molecule has 1 saturated heterocycles. The van der Waals surface area contributed by atoms with Crippen molar-refractivity contribution in [3.8, 4) is 5.75 Å². The van der Waals surface area contributed by atoms with Crippen LogP contribution in [0.3, 0.4) is 0 Å². The van der Waals surface area contributed by atoms with Crippen molar-refractivity contribution in [3.05, 3.63) is 71.7 Å². The third-order valence-electron chi connectivity index (χ3n) is 4.77. The molecular formula is C20H19FN2O. The van der Waals surface area contributed by atoms with Gasteiger partial charge in [0.1, 0.15) is 17.1 Å². The van der Waals surface area contributed by atoms with Crippen LogP contribution in [0.5, 0.6) is 5.75 Å². The van der Waals surface area contributed by atoms with Crippen molar-refractivity contribution >= 4 is 10.9 Å². The van der Waals surface area contributed by atoms with Gasteiger partial charge in [0.2, 0.25) is 0 Å². The number of halogens is 1. The SMILES string of the molecule is Oc1c(C(c2ccc(F)cc2)N2CCCC2)ccc2cccnc12. The average molecular weight is 322 g/mol. The van der Waals surface area contributed by atoms with Crippen LogP contribution in [0.25, 0.3) is 10.9 Å². The van der Waals surface area contributed by atoms with E-state index >= 15 is 0 Å². The Labute approximate surface area is 140 Å². The zero-order valence-electron chi connectivity index (χ0n) is 13.3. The minimum atomic E-state index is -0.247. The van der Waals surface area contributed by atoms with Gasteiger partial charge in [-0.2, -0.15) is 0 Å². The topological polar surface area (TPSA) is 36.4 Å². The van der Waals surface area contributed by atoms with Crippen molar-refractivity contribution < 1.29 is 9.50 Å². The van der Waals surface area contributed by atoms with E-state index < -0.39 is 0 Å². The summed E-state index contributed by atoms with van der Waals surface area (Å²) in [6.45, 7) is 1.95. The fourth-order valence-electron chi connectivity index (χ4n) is 3.60. The Balaban J connectivity index is 1.86. The van der Waals surface area contributed by atoms with Gasteiger partial charge in [0, 0.05) is 17.1 Å². The van der Waals surface area contributed by atoms with Crippen LogP contribution in [0.15, 0.2) is 54.7 Å². The molecule has 0 spiro atoms. The Morgan fingerprint density at radius 3 is 2.50 bits per heavy atom. The minimum absolute atomic E-state index is 0.0838. The van der Waals surface area contributed by atoms with E-state index in [1.165, 1.54) is 12.1 Å². The van der Waals surface area contributed by atoms with Crippen molar-refractivity contribution in [3.63, 3.8) is 0 Å². The van der Waals surface area contributed by atoms with E-state index in [4.69, 9.17) is 0 Å². The van der Waals surface area contributed by atoms with Crippen LogP contribution in [0.1, 0.15) is 30.0 Å². The first kappa shape index (κ1) is 15.1. The number of benzene rings is 2. The number of hydrogen-bond acceptors (Lipinski definition) is 3. The molecule has 2 aromatic carbocycles. The predicted molar refractivity (Wildman–Crippen MR) is 92.5 cm³/mol. The molecule has 1 N–H and O–H groups in total. The van der Waals surface area contributed by atoms with E-state index in [1.807, 2.05) is 24.3 Å². The lowest BCUT2D eigenvalue weighted by Crippen LogP contribution is -2.26. The van der Waals surface area contributed by atoms with Crippen molar-refractivity contribution in [2.45, 2.75) is 18.9 Å². The van der Waals surface area contributed by atoms with E-state index in [2.05, 4.69) is 9.88 Å². The molecule has 3 aromatic rings. The van der Waals surface area contributed by atoms with E-state index in [-0.39, 0.29) is 17.6 Å². The van der Waals surface area contributed by atoms with Crippen LogP contribution in [0, 0.1) is 5.82 Å². The van der Waals surface area contributed by atoms with E-state index in [1.54, 1.807) is 18.3 Å². The highest BCUT2D eigenvalue weighted by Crippen LogP contribution is 2.39. The van der Waals surface area contributed by atoms with Gasteiger partial charge in [-0.3, -0.25) is 9.88 Å². The number of fused-ring (bicyclic) bond motifs is 1. The summed E-state index contributed by atoms with van der Waals surface area (Å²) in [5, 5.41) is 11.7. The molecule has 3 nitrogen and oxygen atoms in total. The maximum atomic E-state index is 13.3. The number of phenolic OH excluding ortho intramolecular Hbond substituents is 1. The van der Waals surface area contributed by atoms with Crippen LogP contribution in [0.2, 0.25) is 0 Å². The molecule has 1 aliphatic heterocycles. The van der Waals surface area contributed by atoms with Gasteiger partial charge in [0.05, 0.1) is 6.04 Å². The van der Waals surface area contributed by atoms with E-state index in [0.717, 1.165) is 42.4 Å². The zero-order chi connectivity index (χ0) is 16.5. The Bertz CT molecular complexity index is 857. The minimum Gasteiger partial charge on any atom is -0.505 e. The third kappa shape index (κ3) is 2.63. The number of nitrogens with zero attached hydrogens (tertiary/aromatic N) is 2. The molecule has 1 aromatic heterocycles. The number of rotatable bonds is 3. The lowest BCUT2D eigenvalue weighted by Gasteiger charge is -2.29. The summed E-state index contributed by atoms with van der Waals surface area (Å²) in [6, 6.07) is 14.2. The number of hydrogen-bond donors (Lipinski definition) is 1. The number of pyridine rings is 1. The summed E-state index contributed by atoms with van der Waals surface area (Å²) in [4.78, 5) is 6.67. The molecule has 1 aliphatic rings. The fraction of sp³-hybridized carbons (Fsp3) is 0.250. The molecule has 1 unspecified atom stereocenters. The quantitative estimate of drug-likeness (QED) is 0.782. The van der Waals surface area contributed by atoms with Gasteiger partial charge in [-0.25, -0.2) is 4.39 Å². The van der Waals surface area contributed by atoms with Gasteiger partial charge < -0.3 is 5.11 Å². The maximum absolute atomic E-state index is 13.3. The largest absolute Gasteiger partial charge is 0.505 e. The second kappa shape index (κ2) is 6.21. The number of phenols is 1. The first-order valence-corrected chi connectivity index (χ1v) is 8.30. The summed E-state index contributed by atoms with van der Waals surface area (Å²) in [5.41, 5.74) is 2.43. The van der Waals surface area contributed by atoms with Gasteiger partial charge in [0.25, 0.3) is 0 Å². The van der Waals surface area contributed by atoms with Gasteiger partial charge >= 0.3 is 0 Å². The van der Waals surface area contributed by atoms with E-state index in [0.29, 0.717) is 5.52 Å². The van der Waals surface area contributed by atoms with Gasteiger partial charge in [-0.05, 0) is 49.7 Å². The zero-order valence-corrected chi connectivity index (χ0v) is 13.3. The summed E-state index contributed by atoms with van der Waals surface area (Å²) in [6.07, 6.45) is 3.98. The molecule has 0 aliphatic carbocycles. The summed E-state index contributed by atoms with van der Waals surface area (Å²) >= 11 is 0. The molecule has 0 bridgehead atoms. The first-order valence-electron chi connectivity index (χ1n) is 8.30. The molecular weight excluding hydrogens is 303 g/mol. The molecule has 1 fully saturated rings. The highest BCUT2D eigenvalue weighted by atomic mass is 19.1. The van der Waals surface area contributed by atoms with Crippen LogP contribution >= 0.6 is 0 Å². The summed E-state index contributed by atoms with van der Waals surface area (Å²) in [7, 11) is 0. The Morgan fingerprint density at radius 2 is 1.75 bits per heavy atom. The second-order valence-electron chi connectivity index (χ2n) is 6.28. The van der Waals surface area contributed by atoms with Crippen molar-refractivity contribution in [2.24, 2.45) is 0 Å². The normalized spacial score (nSPS) is 16.5. The molecule has 0 amide bonds. The number of likely N-dealkylation sites (tertiary alicyclic amines) is 1. The Morgan fingerprint density at radius 1 is 1.00 bits per heavy atom. The molecule has 4 rings (SSSR count). The molecule has 4 heteroatoms. The van der Waals surface area contributed by atoms with Crippen LogP contribution in [-0.2, 0) is 0 Å². The highest BCUT2D eigenvalue weighted by molar-refractivity contribution is 5.85. The molecule has 2 heterocycles. The third-order valence-corrected chi connectivity index (χ3v) is 4.77. The number of aromatic nitrogens is 1. The van der Waals surface area contributed by atoms with Crippen molar-refractivity contribution in [2.75, 3.05) is 13.1 Å². The lowest BCUT2D eigenvalue weighted by atomic mass is 9.95. The number of aromatic hydroxyl groups is 1. The lowest BCUT2D eigenvalue weighted by molar-refractivity contribution is 0.275. The van der Waals surface area contributed by atoms with Gasteiger partial charge in [-0.15, -0.1) is 0 Å². The maximum Gasteiger partial charge on any atom is 0.146 e. The van der Waals surface area contributed by atoms with Crippen LogP contribution in [0.4, 0.5) is 4.39 Å². The fourth-order valence-corrected chi connectivity index (χ4v) is 3.60. The molecule has 1 atom stereocenters. The average Bonchev–Trinajstić information content (AvgIpc) is 3.13. The van der Waals surface area contributed by atoms with Crippen molar-refractivity contribution in [1.29, 1.82) is 0 Å². The first-order chi connectivity index (χ1) is 11.7. The summed E-state index contributed by atoms with van der Waals surface area (Å²) in [5.74, 6) is -0.0300. The van der Waals surface area contributed by atoms with Gasteiger partial charge in [-0.1, -0.05) is 30.3 Å².